The molecule has 2 aromatic rings. The fourth-order valence-corrected chi connectivity index (χ4v) is 2.17. The minimum Gasteiger partial charge on any atom is -0.496 e. The van der Waals surface area contributed by atoms with E-state index in [0.29, 0.717) is 11.3 Å². The SMILES string of the molecule is COc1ccc(C)cc1C(=O)Cc1ccc(F)cc1C. The van der Waals surface area contributed by atoms with Crippen molar-refractivity contribution >= 4 is 5.78 Å². The monoisotopic (exact) mass is 272 g/mol. The van der Waals surface area contributed by atoms with E-state index >= 15 is 0 Å². The summed E-state index contributed by atoms with van der Waals surface area (Å²) in [6.07, 6.45) is 0.242. The summed E-state index contributed by atoms with van der Waals surface area (Å²) in [5.41, 5.74) is 3.19. The van der Waals surface area contributed by atoms with Crippen LogP contribution >= 0.6 is 0 Å². The van der Waals surface area contributed by atoms with Crippen molar-refractivity contribution in [1.29, 1.82) is 0 Å². The number of carbonyl (C=O) groups is 1. The quantitative estimate of drug-likeness (QED) is 0.790. The van der Waals surface area contributed by atoms with Gasteiger partial charge in [-0.2, -0.15) is 0 Å². The van der Waals surface area contributed by atoms with Crippen LogP contribution in [0.25, 0.3) is 0 Å². The van der Waals surface area contributed by atoms with Gasteiger partial charge in [0.2, 0.25) is 0 Å². The lowest BCUT2D eigenvalue weighted by molar-refractivity contribution is 0.0989. The molecule has 0 heterocycles. The summed E-state index contributed by atoms with van der Waals surface area (Å²) in [5, 5.41) is 0. The lowest BCUT2D eigenvalue weighted by Gasteiger charge is -2.10. The lowest BCUT2D eigenvalue weighted by Crippen LogP contribution is -2.07. The van der Waals surface area contributed by atoms with Crippen LogP contribution in [0.2, 0.25) is 0 Å². The summed E-state index contributed by atoms with van der Waals surface area (Å²) >= 11 is 0. The van der Waals surface area contributed by atoms with Crippen LogP contribution in [0.3, 0.4) is 0 Å². The van der Waals surface area contributed by atoms with Crippen LogP contribution in [-0.4, -0.2) is 12.9 Å². The second-order valence-corrected chi connectivity index (χ2v) is 4.87. The molecular weight excluding hydrogens is 255 g/mol. The first-order valence-electron chi connectivity index (χ1n) is 6.44. The van der Waals surface area contributed by atoms with Crippen molar-refractivity contribution in [3.63, 3.8) is 0 Å². The molecule has 20 heavy (non-hydrogen) atoms. The summed E-state index contributed by atoms with van der Waals surface area (Å²) < 4.78 is 18.3. The van der Waals surface area contributed by atoms with E-state index in [2.05, 4.69) is 0 Å². The van der Waals surface area contributed by atoms with Crippen LogP contribution in [0.15, 0.2) is 36.4 Å². The molecule has 3 heteroatoms. The third kappa shape index (κ3) is 3.05. The second kappa shape index (κ2) is 5.87. The second-order valence-electron chi connectivity index (χ2n) is 4.87. The van der Waals surface area contributed by atoms with Crippen molar-refractivity contribution in [2.75, 3.05) is 7.11 Å². The molecule has 2 aromatic carbocycles. The van der Waals surface area contributed by atoms with Gasteiger partial charge >= 0.3 is 0 Å². The number of Topliss-reactive ketones (excluding diaryl/α,β-unsaturated/α-hetero) is 1. The fraction of sp³-hybridized carbons (Fsp3) is 0.235. The van der Waals surface area contributed by atoms with Gasteiger partial charge in [-0.05, 0) is 49.2 Å². The summed E-state index contributed by atoms with van der Waals surface area (Å²) in [6, 6.07) is 9.99. The largest absolute Gasteiger partial charge is 0.496 e. The maximum atomic E-state index is 13.1. The van der Waals surface area contributed by atoms with Crippen LogP contribution in [0, 0.1) is 19.7 Å². The first kappa shape index (κ1) is 14.3. The minimum atomic E-state index is -0.285. The zero-order valence-electron chi connectivity index (χ0n) is 11.9. The van der Waals surface area contributed by atoms with Gasteiger partial charge in [-0.3, -0.25) is 4.79 Å². The van der Waals surface area contributed by atoms with E-state index in [4.69, 9.17) is 4.74 Å². The smallest absolute Gasteiger partial charge is 0.170 e. The van der Waals surface area contributed by atoms with Crippen molar-refractivity contribution in [3.8, 4) is 5.75 Å². The predicted molar refractivity (Wildman–Crippen MR) is 76.9 cm³/mol. The van der Waals surface area contributed by atoms with E-state index in [1.807, 2.05) is 19.1 Å². The highest BCUT2D eigenvalue weighted by Crippen LogP contribution is 2.22. The fourth-order valence-electron chi connectivity index (χ4n) is 2.17. The van der Waals surface area contributed by atoms with Gasteiger partial charge in [0.15, 0.2) is 5.78 Å². The summed E-state index contributed by atoms with van der Waals surface area (Å²) in [4.78, 5) is 12.4. The van der Waals surface area contributed by atoms with Crippen LogP contribution in [0.5, 0.6) is 5.75 Å². The Balaban J connectivity index is 2.30. The number of hydrogen-bond acceptors (Lipinski definition) is 2. The molecule has 0 aliphatic rings. The Kier molecular flexibility index (Phi) is 4.18. The number of benzene rings is 2. The van der Waals surface area contributed by atoms with E-state index in [9.17, 15) is 9.18 Å². The van der Waals surface area contributed by atoms with Crippen molar-refractivity contribution < 1.29 is 13.9 Å². The van der Waals surface area contributed by atoms with Crippen LogP contribution in [0.1, 0.15) is 27.0 Å². The minimum absolute atomic E-state index is 0.0275. The Hall–Kier alpha value is -2.16. The molecule has 0 saturated heterocycles. The first-order valence-corrected chi connectivity index (χ1v) is 6.44. The maximum Gasteiger partial charge on any atom is 0.170 e. The van der Waals surface area contributed by atoms with Gasteiger partial charge in [-0.1, -0.05) is 17.7 Å². The average Bonchev–Trinajstić information content (AvgIpc) is 2.41. The summed E-state index contributed by atoms with van der Waals surface area (Å²) in [5.74, 6) is 0.257. The highest BCUT2D eigenvalue weighted by atomic mass is 19.1. The Morgan fingerprint density at radius 3 is 2.55 bits per heavy atom. The van der Waals surface area contributed by atoms with E-state index in [-0.39, 0.29) is 18.0 Å². The molecule has 0 radical (unpaired) electrons. The molecule has 0 aliphatic heterocycles. The van der Waals surface area contributed by atoms with Crippen molar-refractivity contribution in [2.45, 2.75) is 20.3 Å². The molecule has 0 bridgehead atoms. The Morgan fingerprint density at radius 1 is 1.15 bits per heavy atom. The number of methoxy groups -OCH3 is 1. The van der Waals surface area contributed by atoms with E-state index in [0.717, 1.165) is 16.7 Å². The van der Waals surface area contributed by atoms with Gasteiger partial charge in [0.1, 0.15) is 11.6 Å². The van der Waals surface area contributed by atoms with Gasteiger partial charge in [-0.15, -0.1) is 0 Å². The maximum absolute atomic E-state index is 13.1. The summed E-state index contributed by atoms with van der Waals surface area (Å²) in [7, 11) is 1.55. The molecule has 0 amide bonds. The molecule has 0 saturated carbocycles. The number of rotatable bonds is 4. The molecule has 0 fully saturated rings. The van der Waals surface area contributed by atoms with Crippen molar-refractivity contribution in [2.24, 2.45) is 0 Å². The van der Waals surface area contributed by atoms with Crippen LogP contribution in [0.4, 0.5) is 4.39 Å². The van der Waals surface area contributed by atoms with Gasteiger partial charge in [0.25, 0.3) is 0 Å². The average molecular weight is 272 g/mol. The first-order chi connectivity index (χ1) is 9.51. The normalized spacial score (nSPS) is 10.4. The Bertz CT molecular complexity index is 647. The molecular formula is C17H17FO2. The number of ether oxygens (including phenoxy) is 1. The van der Waals surface area contributed by atoms with Crippen LogP contribution in [-0.2, 0) is 6.42 Å². The number of ketones is 1. The molecule has 0 aliphatic carbocycles. The number of aryl methyl sites for hydroxylation is 2. The molecule has 2 rings (SSSR count). The van der Waals surface area contributed by atoms with Gasteiger partial charge in [0.05, 0.1) is 12.7 Å². The molecule has 0 N–H and O–H groups in total. The lowest BCUT2D eigenvalue weighted by atomic mass is 9.98. The third-order valence-corrected chi connectivity index (χ3v) is 3.31. The molecule has 0 unspecified atom stereocenters. The molecule has 0 aromatic heterocycles. The van der Waals surface area contributed by atoms with E-state index in [1.165, 1.54) is 12.1 Å². The van der Waals surface area contributed by atoms with Crippen molar-refractivity contribution in [1.82, 2.24) is 0 Å². The topological polar surface area (TPSA) is 26.3 Å². The zero-order chi connectivity index (χ0) is 14.7. The highest BCUT2D eigenvalue weighted by molar-refractivity contribution is 6.00. The standard InChI is InChI=1S/C17H17FO2/c1-11-4-7-17(20-3)15(8-11)16(19)10-13-5-6-14(18)9-12(13)2/h4-9H,10H2,1-3H3. The van der Waals surface area contributed by atoms with Gasteiger partial charge in [-0.25, -0.2) is 4.39 Å². The number of carbonyl (C=O) groups excluding carboxylic acids is 1. The van der Waals surface area contributed by atoms with E-state index < -0.39 is 0 Å². The summed E-state index contributed by atoms with van der Waals surface area (Å²) in [6.45, 7) is 3.73. The zero-order valence-corrected chi connectivity index (χ0v) is 11.9. The van der Waals surface area contributed by atoms with Gasteiger partial charge in [0, 0.05) is 6.42 Å². The highest BCUT2D eigenvalue weighted by Gasteiger charge is 2.14. The number of halogens is 1. The van der Waals surface area contributed by atoms with Crippen molar-refractivity contribution in [3.05, 3.63) is 64.5 Å². The predicted octanol–water partition coefficient (Wildman–Crippen LogP) is 3.88. The van der Waals surface area contributed by atoms with Crippen LogP contribution < -0.4 is 4.74 Å². The number of hydrogen-bond donors (Lipinski definition) is 0. The van der Waals surface area contributed by atoms with E-state index in [1.54, 1.807) is 26.2 Å². The molecule has 104 valence electrons. The third-order valence-electron chi connectivity index (χ3n) is 3.31. The molecule has 0 spiro atoms. The Morgan fingerprint density at radius 2 is 1.90 bits per heavy atom. The molecule has 0 atom stereocenters. The Labute approximate surface area is 118 Å². The van der Waals surface area contributed by atoms with Gasteiger partial charge < -0.3 is 4.74 Å². The molecule has 2 nitrogen and oxygen atoms in total.